The highest BCUT2D eigenvalue weighted by Gasteiger charge is 2.16. The number of hydrogen-bond donors (Lipinski definition) is 2. The predicted octanol–water partition coefficient (Wildman–Crippen LogP) is 2.44. The van der Waals surface area contributed by atoms with E-state index < -0.39 is 0 Å². The lowest BCUT2D eigenvalue weighted by Crippen LogP contribution is -2.14. The molecule has 23 heavy (non-hydrogen) atoms. The van der Waals surface area contributed by atoms with E-state index in [0.29, 0.717) is 5.69 Å². The lowest BCUT2D eigenvalue weighted by atomic mass is 10.2. The zero-order valence-corrected chi connectivity index (χ0v) is 12.7. The summed E-state index contributed by atoms with van der Waals surface area (Å²) in [4.78, 5) is 16.5. The van der Waals surface area contributed by atoms with Crippen molar-refractivity contribution in [1.29, 1.82) is 0 Å². The molecule has 3 heterocycles. The van der Waals surface area contributed by atoms with E-state index in [1.807, 2.05) is 23.6 Å². The number of fused-ring (bicyclic) bond motifs is 1. The highest BCUT2D eigenvalue weighted by molar-refractivity contribution is 7.13. The highest BCUT2D eigenvalue weighted by atomic mass is 32.1. The summed E-state index contributed by atoms with van der Waals surface area (Å²) in [6, 6.07) is 5.70. The van der Waals surface area contributed by atoms with Gasteiger partial charge in [0.25, 0.3) is 0 Å². The SMILES string of the molecule is O=C(Cc1csc(-c2ccc3c(c2)OCO3)n1)Nc1cn[nH]c1. The molecule has 1 aliphatic heterocycles. The first-order chi connectivity index (χ1) is 11.3. The van der Waals surface area contributed by atoms with Crippen molar-refractivity contribution in [1.82, 2.24) is 15.2 Å². The number of rotatable bonds is 4. The number of thiazole rings is 1. The van der Waals surface area contributed by atoms with E-state index in [2.05, 4.69) is 20.5 Å². The van der Waals surface area contributed by atoms with E-state index in [9.17, 15) is 4.79 Å². The molecule has 0 fully saturated rings. The Morgan fingerprint density at radius 2 is 2.26 bits per heavy atom. The first kappa shape index (κ1) is 13.8. The molecule has 1 aliphatic rings. The number of carbonyl (C=O) groups is 1. The summed E-state index contributed by atoms with van der Waals surface area (Å²) in [7, 11) is 0. The van der Waals surface area contributed by atoms with Crippen molar-refractivity contribution in [3.05, 3.63) is 41.7 Å². The molecule has 116 valence electrons. The molecule has 1 aromatic carbocycles. The van der Waals surface area contributed by atoms with Gasteiger partial charge < -0.3 is 14.8 Å². The van der Waals surface area contributed by atoms with Crippen LogP contribution in [0.5, 0.6) is 11.5 Å². The van der Waals surface area contributed by atoms with Crippen molar-refractivity contribution in [2.45, 2.75) is 6.42 Å². The van der Waals surface area contributed by atoms with Gasteiger partial charge in [-0.25, -0.2) is 4.98 Å². The van der Waals surface area contributed by atoms with Crippen molar-refractivity contribution in [2.24, 2.45) is 0 Å². The molecule has 1 amide bonds. The van der Waals surface area contributed by atoms with Crippen LogP contribution in [0.15, 0.2) is 36.0 Å². The van der Waals surface area contributed by atoms with Crippen LogP contribution >= 0.6 is 11.3 Å². The number of carbonyl (C=O) groups excluding carboxylic acids is 1. The first-order valence-electron chi connectivity index (χ1n) is 6.91. The second-order valence-electron chi connectivity index (χ2n) is 4.92. The monoisotopic (exact) mass is 328 g/mol. The molecule has 0 atom stereocenters. The van der Waals surface area contributed by atoms with E-state index in [-0.39, 0.29) is 19.1 Å². The summed E-state index contributed by atoms with van der Waals surface area (Å²) < 4.78 is 10.7. The number of aromatic nitrogens is 3. The minimum atomic E-state index is -0.131. The Kier molecular flexibility index (Phi) is 3.43. The molecule has 7 nitrogen and oxygen atoms in total. The fourth-order valence-corrected chi connectivity index (χ4v) is 3.06. The van der Waals surface area contributed by atoms with Crippen LogP contribution in [0.25, 0.3) is 10.6 Å². The van der Waals surface area contributed by atoms with Gasteiger partial charge >= 0.3 is 0 Å². The summed E-state index contributed by atoms with van der Waals surface area (Å²) >= 11 is 1.49. The third-order valence-corrected chi connectivity index (χ3v) is 4.24. The van der Waals surface area contributed by atoms with Gasteiger partial charge in [0.05, 0.1) is 24.0 Å². The number of hydrogen-bond acceptors (Lipinski definition) is 6. The lowest BCUT2D eigenvalue weighted by Gasteiger charge is -2.00. The molecule has 3 aromatic rings. The fraction of sp³-hybridized carbons (Fsp3) is 0.133. The molecular weight excluding hydrogens is 316 g/mol. The Morgan fingerprint density at radius 1 is 1.35 bits per heavy atom. The number of nitrogens with zero attached hydrogens (tertiary/aromatic N) is 2. The summed E-state index contributed by atoms with van der Waals surface area (Å²) in [6.07, 6.45) is 3.39. The largest absolute Gasteiger partial charge is 0.454 e. The van der Waals surface area contributed by atoms with E-state index in [1.54, 1.807) is 12.4 Å². The molecule has 0 aliphatic carbocycles. The molecule has 0 saturated carbocycles. The summed E-state index contributed by atoms with van der Waals surface area (Å²) in [6.45, 7) is 0.246. The van der Waals surface area contributed by atoms with Crippen LogP contribution in [0.2, 0.25) is 0 Å². The minimum Gasteiger partial charge on any atom is -0.454 e. The normalized spacial score (nSPS) is 12.3. The predicted molar refractivity (Wildman–Crippen MR) is 84.6 cm³/mol. The Hall–Kier alpha value is -2.87. The average molecular weight is 328 g/mol. The number of anilines is 1. The van der Waals surface area contributed by atoms with Crippen LogP contribution in [0.1, 0.15) is 5.69 Å². The standard InChI is InChI=1S/C15H12N4O3S/c20-14(18-11-5-16-17-6-11)4-10-7-23-15(19-10)9-1-2-12-13(3-9)22-8-21-12/h1-3,5-7H,4,8H2,(H,16,17)(H,18,20). The van der Waals surface area contributed by atoms with Crippen molar-refractivity contribution < 1.29 is 14.3 Å². The summed E-state index contributed by atoms with van der Waals surface area (Å²) in [5, 5.41) is 11.9. The van der Waals surface area contributed by atoms with E-state index in [1.165, 1.54) is 11.3 Å². The number of aromatic amines is 1. The van der Waals surface area contributed by atoms with Gasteiger partial charge in [-0.3, -0.25) is 9.89 Å². The van der Waals surface area contributed by atoms with Gasteiger partial charge in [-0.2, -0.15) is 5.10 Å². The second kappa shape index (κ2) is 5.73. The van der Waals surface area contributed by atoms with Gasteiger partial charge in [-0.15, -0.1) is 11.3 Å². The van der Waals surface area contributed by atoms with Gasteiger partial charge in [0.2, 0.25) is 12.7 Å². The first-order valence-corrected chi connectivity index (χ1v) is 7.79. The molecule has 4 rings (SSSR count). The van der Waals surface area contributed by atoms with Crippen LogP contribution < -0.4 is 14.8 Å². The Labute approximate surface area is 135 Å². The van der Waals surface area contributed by atoms with Crippen LogP contribution in [0.4, 0.5) is 5.69 Å². The fourth-order valence-electron chi connectivity index (χ4n) is 2.24. The second-order valence-corrected chi connectivity index (χ2v) is 5.78. The minimum absolute atomic E-state index is 0.131. The van der Waals surface area contributed by atoms with Gasteiger partial charge in [0.1, 0.15) is 5.01 Å². The van der Waals surface area contributed by atoms with Crippen molar-refractivity contribution >= 4 is 22.9 Å². The van der Waals surface area contributed by atoms with E-state index in [0.717, 1.165) is 27.8 Å². The lowest BCUT2D eigenvalue weighted by molar-refractivity contribution is -0.115. The highest BCUT2D eigenvalue weighted by Crippen LogP contribution is 2.36. The van der Waals surface area contributed by atoms with Crippen LogP contribution in [0.3, 0.4) is 0 Å². The maximum Gasteiger partial charge on any atom is 0.231 e. The summed E-state index contributed by atoms with van der Waals surface area (Å²) in [5.74, 6) is 1.33. The van der Waals surface area contributed by atoms with E-state index >= 15 is 0 Å². The summed E-state index contributed by atoms with van der Waals surface area (Å²) in [5.41, 5.74) is 2.31. The molecule has 0 radical (unpaired) electrons. The third kappa shape index (κ3) is 2.88. The van der Waals surface area contributed by atoms with Crippen LogP contribution in [0, 0.1) is 0 Å². The smallest absolute Gasteiger partial charge is 0.231 e. The molecule has 2 aromatic heterocycles. The van der Waals surface area contributed by atoms with Gasteiger partial charge in [-0.05, 0) is 18.2 Å². The number of nitrogens with one attached hydrogen (secondary N) is 2. The number of H-pyrrole nitrogens is 1. The Morgan fingerprint density at radius 3 is 3.13 bits per heavy atom. The molecule has 0 saturated heterocycles. The maximum absolute atomic E-state index is 12.0. The average Bonchev–Trinajstić information content (AvgIpc) is 3.27. The zero-order chi connectivity index (χ0) is 15.6. The van der Waals surface area contributed by atoms with E-state index in [4.69, 9.17) is 9.47 Å². The molecule has 0 spiro atoms. The third-order valence-electron chi connectivity index (χ3n) is 3.29. The molecular formula is C15H12N4O3S. The zero-order valence-electron chi connectivity index (χ0n) is 11.9. The number of amides is 1. The van der Waals surface area contributed by atoms with Crippen molar-refractivity contribution in [3.63, 3.8) is 0 Å². The maximum atomic E-state index is 12.0. The number of ether oxygens (including phenoxy) is 2. The quantitative estimate of drug-likeness (QED) is 0.768. The topological polar surface area (TPSA) is 89.1 Å². The molecule has 8 heteroatoms. The van der Waals surface area contributed by atoms with Gasteiger partial charge in [0, 0.05) is 17.1 Å². The number of benzene rings is 1. The molecule has 0 bridgehead atoms. The molecule has 0 unspecified atom stereocenters. The van der Waals surface area contributed by atoms with Crippen LogP contribution in [-0.2, 0) is 11.2 Å². The van der Waals surface area contributed by atoms with Gasteiger partial charge in [0.15, 0.2) is 11.5 Å². The Bertz CT molecular complexity index is 844. The van der Waals surface area contributed by atoms with Crippen LogP contribution in [-0.4, -0.2) is 27.9 Å². The van der Waals surface area contributed by atoms with Gasteiger partial charge in [-0.1, -0.05) is 0 Å². The Balaban J connectivity index is 1.47. The van der Waals surface area contributed by atoms with Crippen molar-refractivity contribution in [3.8, 4) is 22.1 Å². The van der Waals surface area contributed by atoms with Crippen molar-refractivity contribution in [2.75, 3.05) is 12.1 Å². The molecule has 2 N–H and O–H groups in total.